The maximum absolute atomic E-state index is 10.1. The van der Waals surface area contributed by atoms with Crippen LogP contribution in [0, 0.1) is 4.77 Å². The summed E-state index contributed by atoms with van der Waals surface area (Å²) in [6.45, 7) is 8.73. The Morgan fingerprint density at radius 2 is 2.17 bits per heavy atom. The number of aromatic amines is 1. The van der Waals surface area contributed by atoms with Gasteiger partial charge in [0.2, 0.25) is 4.77 Å². The van der Waals surface area contributed by atoms with E-state index in [0.717, 1.165) is 12.2 Å². The molecule has 2 rings (SSSR count). The predicted octanol–water partition coefficient (Wildman–Crippen LogP) is 3.61. The summed E-state index contributed by atoms with van der Waals surface area (Å²) in [5.41, 5.74) is 0.377. The summed E-state index contributed by atoms with van der Waals surface area (Å²) in [5.74, 6) is 1.47. The Morgan fingerprint density at radius 1 is 1.43 bits per heavy atom. The third-order valence-electron chi connectivity index (χ3n) is 3.11. The van der Waals surface area contributed by atoms with Crippen molar-refractivity contribution in [2.45, 2.75) is 39.5 Å². The summed E-state index contributed by atoms with van der Waals surface area (Å²) in [7, 11) is 0. The third kappa shape index (κ3) is 4.19. The molecule has 0 aliphatic rings. The van der Waals surface area contributed by atoms with E-state index in [-0.39, 0.29) is 11.2 Å². The molecule has 0 bridgehead atoms. The second-order valence-electron chi connectivity index (χ2n) is 6.23. The molecule has 0 spiro atoms. The molecule has 0 saturated heterocycles. The fraction of sp³-hybridized carbons (Fsp3) is 0.438. The van der Waals surface area contributed by atoms with E-state index in [0.29, 0.717) is 22.7 Å². The van der Waals surface area contributed by atoms with Gasteiger partial charge in [0, 0.05) is 17.0 Å². The minimum Gasteiger partial charge on any atom is -0.507 e. The zero-order valence-corrected chi connectivity index (χ0v) is 14.6. The van der Waals surface area contributed by atoms with Crippen LogP contribution in [0.25, 0.3) is 0 Å². The van der Waals surface area contributed by atoms with Crippen LogP contribution in [0.2, 0.25) is 0 Å². The Morgan fingerprint density at radius 3 is 2.78 bits per heavy atom. The third-order valence-corrected chi connectivity index (χ3v) is 3.37. The van der Waals surface area contributed by atoms with E-state index < -0.39 is 0 Å². The van der Waals surface area contributed by atoms with Crippen LogP contribution >= 0.6 is 12.2 Å². The molecule has 1 aromatic heterocycles. The summed E-state index contributed by atoms with van der Waals surface area (Å²) in [6.07, 6.45) is 2.47. The molecule has 124 valence electrons. The molecule has 0 atom stereocenters. The van der Waals surface area contributed by atoms with Crippen molar-refractivity contribution in [3.63, 3.8) is 0 Å². The summed E-state index contributed by atoms with van der Waals surface area (Å²) in [6, 6.07) is 5.14. The fourth-order valence-corrected chi connectivity index (χ4v) is 2.13. The Balaban J connectivity index is 2.28. The number of rotatable bonds is 5. The van der Waals surface area contributed by atoms with Crippen molar-refractivity contribution in [1.29, 1.82) is 0 Å². The van der Waals surface area contributed by atoms with Crippen LogP contribution in [0.1, 0.15) is 45.5 Å². The van der Waals surface area contributed by atoms with Gasteiger partial charge in [-0.2, -0.15) is 14.9 Å². The van der Waals surface area contributed by atoms with Crippen molar-refractivity contribution in [2.24, 2.45) is 5.10 Å². The van der Waals surface area contributed by atoms with Crippen LogP contribution in [0.4, 0.5) is 0 Å². The standard InChI is InChI=1S/C16H22N4O2S/c1-5-8-22-12-7-6-11(13(21)9-12)10-17-20-14(16(2,3)4)18-19-15(20)23/h6-7,9-10,21H,5,8H2,1-4H3,(H,19,23)/b17-10+. The van der Waals surface area contributed by atoms with Crippen molar-refractivity contribution in [3.8, 4) is 11.5 Å². The molecule has 6 nitrogen and oxygen atoms in total. The normalized spacial score (nSPS) is 12.0. The SMILES string of the molecule is CCCOc1ccc(/C=N/n2c(C(C)(C)C)n[nH]c2=S)c(O)c1. The maximum atomic E-state index is 10.1. The van der Waals surface area contributed by atoms with Crippen LogP contribution in [0.3, 0.4) is 0 Å². The quantitative estimate of drug-likeness (QED) is 0.647. The highest BCUT2D eigenvalue weighted by Gasteiger charge is 2.21. The number of H-pyrrole nitrogens is 1. The molecule has 0 aliphatic heterocycles. The van der Waals surface area contributed by atoms with Crippen molar-refractivity contribution in [3.05, 3.63) is 34.4 Å². The van der Waals surface area contributed by atoms with Crippen LogP contribution in [0.15, 0.2) is 23.3 Å². The molecule has 0 fully saturated rings. The highest BCUT2D eigenvalue weighted by Crippen LogP contribution is 2.23. The highest BCUT2D eigenvalue weighted by atomic mass is 32.1. The first-order chi connectivity index (χ1) is 10.8. The average molecular weight is 334 g/mol. The molecular formula is C16H22N4O2S. The van der Waals surface area contributed by atoms with Gasteiger partial charge in [0.15, 0.2) is 5.82 Å². The largest absolute Gasteiger partial charge is 0.507 e. The van der Waals surface area contributed by atoms with Crippen LogP contribution in [-0.2, 0) is 5.41 Å². The van der Waals surface area contributed by atoms with E-state index >= 15 is 0 Å². The van der Waals surface area contributed by atoms with E-state index in [2.05, 4.69) is 15.3 Å². The Labute approximate surface area is 140 Å². The van der Waals surface area contributed by atoms with Gasteiger partial charge in [-0.25, -0.2) is 0 Å². The first-order valence-electron chi connectivity index (χ1n) is 7.51. The molecule has 23 heavy (non-hydrogen) atoms. The molecular weight excluding hydrogens is 312 g/mol. The van der Waals surface area contributed by atoms with Crippen LogP contribution in [0.5, 0.6) is 11.5 Å². The molecule has 0 aliphatic carbocycles. The van der Waals surface area contributed by atoms with Crippen LogP contribution < -0.4 is 4.74 Å². The number of nitrogens with zero attached hydrogens (tertiary/aromatic N) is 3. The number of hydrogen-bond donors (Lipinski definition) is 2. The van der Waals surface area contributed by atoms with Crippen molar-refractivity contribution < 1.29 is 9.84 Å². The number of hydrogen-bond acceptors (Lipinski definition) is 5. The van der Waals surface area contributed by atoms with E-state index in [9.17, 15) is 5.11 Å². The fourth-order valence-electron chi connectivity index (χ4n) is 1.95. The lowest BCUT2D eigenvalue weighted by Crippen LogP contribution is -2.17. The van der Waals surface area contributed by atoms with Crippen LogP contribution in [-0.4, -0.2) is 32.8 Å². The topological polar surface area (TPSA) is 75.4 Å². The maximum Gasteiger partial charge on any atom is 0.216 e. The number of aromatic nitrogens is 3. The van der Waals surface area contributed by atoms with Gasteiger partial charge in [0.25, 0.3) is 0 Å². The summed E-state index contributed by atoms with van der Waals surface area (Å²) in [5, 5.41) is 21.4. The van der Waals surface area contributed by atoms with Gasteiger partial charge in [-0.15, -0.1) is 0 Å². The summed E-state index contributed by atoms with van der Waals surface area (Å²) in [4.78, 5) is 0. The minimum atomic E-state index is -0.204. The molecule has 1 heterocycles. The molecule has 0 amide bonds. The van der Waals surface area contributed by atoms with Gasteiger partial charge in [-0.3, -0.25) is 5.10 Å². The Hall–Kier alpha value is -2.15. The Bertz CT molecular complexity index is 756. The molecule has 2 N–H and O–H groups in total. The predicted molar refractivity (Wildman–Crippen MR) is 93.0 cm³/mol. The van der Waals surface area contributed by atoms with Crippen molar-refractivity contribution >= 4 is 18.4 Å². The molecule has 7 heteroatoms. The van der Waals surface area contributed by atoms with Crippen molar-refractivity contribution in [2.75, 3.05) is 6.61 Å². The lowest BCUT2D eigenvalue weighted by Gasteiger charge is -2.15. The number of nitrogens with one attached hydrogen (secondary N) is 1. The second kappa shape index (κ2) is 6.95. The highest BCUT2D eigenvalue weighted by molar-refractivity contribution is 7.71. The molecule has 2 aromatic rings. The number of phenols is 1. The number of aromatic hydroxyl groups is 1. The lowest BCUT2D eigenvalue weighted by molar-refractivity contribution is 0.315. The van der Waals surface area contributed by atoms with E-state index in [4.69, 9.17) is 17.0 Å². The average Bonchev–Trinajstić information content (AvgIpc) is 2.85. The zero-order chi connectivity index (χ0) is 17.0. The molecule has 0 saturated carbocycles. The first kappa shape index (κ1) is 17.2. The number of benzene rings is 1. The van der Waals surface area contributed by atoms with E-state index in [1.54, 1.807) is 29.1 Å². The van der Waals surface area contributed by atoms with Gasteiger partial charge in [0.1, 0.15) is 11.5 Å². The molecule has 0 unspecified atom stereocenters. The zero-order valence-electron chi connectivity index (χ0n) is 13.8. The summed E-state index contributed by atoms with van der Waals surface area (Å²) >= 11 is 5.21. The lowest BCUT2D eigenvalue weighted by atomic mass is 9.96. The van der Waals surface area contributed by atoms with Crippen molar-refractivity contribution in [1.82, 2.24) is 14.9 Å². The summed E-state index contributed by atoms with van der Waals surface area (Å²) < 4.78 is 7.46. The molecule has 1 aromatic carbocycles. The first-order valence-corrected chi connectivity index (χ1v) is 7.92. The van der Waals surface area contributed by atoms with Gasteiger partial charge in [-0.1, -0.05) is 27.7 Å². The van der Waals surface area contributed by atoms with E-state index in [1.165, 1.54) is 0 Å². The number of phenolic OH excluding ortho intramolecular Hbond substituents is 1. The van der Waals surface area contributed by atoms with E-state index in [1.807, 2.05) is 27.7 Å². The Kier molecular flexibility index (Phi) is 5.20. The second-order valence-corrected chi connectivity index (χ2v) is 6.61. The molecule has 0 radical (unpaired) electrons. The van der Waals surface area contributed by atoms with Gasteiger partial charge in [-0.05, 0) is 30.8 Å². The smallest absolute Gasteiger partial charge is 0.216 e. The van der Waals surface area contributed by atoms with Gasteiger partial charge in [0.05, 0.1) is 12.8 Å². The number of ether oxygens (including phenoxy) is 1. The monoisotopic (exact) mass is 334 g/mol. The minimum absolute atomic E-state index is 0.106. The van der Waals surface area contributed by atoms with Gasteiger partial charge < -0.3 is 9.84 Å². The van der Waals surface area contributed by atoms with Gasteiger partial charge >= 0.3 is 0 Å².